The number of amides is 1. The van der Waals surface area contributed by atoms with Crippen LogP contribution in [0.4, 0.5) is 5.69 Å². The molecule has 1 aromatic heterocycles. The first-order valence-electron chi connectivity index (χ1n) is 11.0. The first kappa shape index (κ1) is 21.6. The van der Waals surface area contributed by atoms with Gasteiger partial charge in [0.1, 0.15) is 0 Å². The Morgan fingerprint density at radius 1 is 1.15 bits per heavy atom. The lowest BCUT2D eigenvalue weighted by molar-refractivity contribution is -0.115. The highest BCUT2D eigenvalue weighted by molar-refractivity contribution is 8.15. The Kier molecular flexibility index (Phi) is 6.11. The summed E-state index contributed by atoms with van der Waals surface area (Å²) in [6.07, 6.45) is 4.45. The van der Waals surface area contributed by atoms with E-state index in [1.807, 2.05) is 53.3 Å². The number of benzene rings is 2. The molecule has 0 unspecified atom stereocenters. The Balaban J connectivity index is 1.35. The standard InChI is InChI=1S/C25H25N5O2S/c1-17(2)21-5-3-4-6-23(21)29-24(31)16-33-25(29)28-26-13-18-7-9-20(10-8-18)30-22-11-12-32-15-19(22)14-27-30/h3-10,13-14,17H,11-12,15-16H2,1-2H3. The third-order valence-electron chi connectivity index (χ3n) is 5.75. The van der Waals surface area contributed by atoms with Crippen molar-refractivity contribution in [3.8, 4) is 5.69 Å². The van der Waals surface area contributed by atoms with Gasteiger partial charge in [0, 0.05) is 12.0 Å². The second-order valence-corrected chi connectivity index (χ2v) is 9.22. The highest BCUT2D eigenvalue weighted by Gasteiger charge is 2.31. The number of amidine groups is 1. The molecule has 33 heavy (non-hydrogen) atoms. The lowest BCUT2D eigenvalue weighted by Gasteiger charge is -2.20. The maximum atomic E-state index is 12.6. The van der Waals surface area contributed by atoms with Gasteiger partial charge < -0.3 is 4.74 Å². The van der Waals surface area contributed by atoms with E-state index in [1.165, 1.54) is 17.5 Å². The van der Waals surface area contributed by atoms with Crippen molar-refractivity contribution in [2.75, 3.05) is 17.3 Å². The maximum absolute atomic E-state index is 12.6. The van der Waals surface area contributed by atoms with E-state index in [2.05, 4.69) is 35.2 Å². The zero-order chi connectivity index (χ0) is 22.8. The molecule has 0 aliphatic carbocycles. The Bertz CT molecular complexity index is 1230. The third-order valence-corrected chi connectivity index (χ3v) is 6.66. The Morgan fingerprint density at radius 3 is 2.79 bits per heavy atom. The average Bonchev–Trinajstić information content (AvgIpc) is 3.43. The molecule has 168 valence electrons. The van der Waals surface area contributed by atoms with Crippen molar-refractivity contribution in [3.63, 3.8) is 0 Å². The number of carbonyl (C=O) groups excluding carboxylic acids is 1. The van der Waals surface area contributed by atoms with Crippen molar-refractivity contribution in [1.29, 1.82) is 0 Å². The summed E-state index contributed by atoms with van der Waals surface area (Å²) < 4.78 is 7.48. The number of nitrogens with zero attached hydrogens (tertiary/aromatic N) is 5. The first-order valence-corrected chi connectivity index (χ1v) is 12.0. The van der Waals surface area contributed by atoms with Gasteiger partial charge >= 0.3 is 0 Å². The molecule has 0 N–H and O–H groups in total. The second-order valence-electron chi connectivity index (χ2n) is 8.28. The molecule has 2 aliphatic rings. The summed E-state index contributed by atoms with van der Waals surface area (Å²) in [5, 5.41) is 13.8. The maximum Gasteiger partial charge on any atom is 0.243 e. The topological polar surface area (TPSA) is 72.1 Å². The SMILES string of the molecule is CC(C)c1ccccc1N1C(=O)CSC1=NN=Cc1ccc(-n2ncc3c2CCOC3)cc1. The van der Waals surface area contributed by atoms with Crippen LogP contribution in [0.1, 0.15) is 42.1 Å². The van der Waals surface area contributed by atoms with E-state index in [9.17, 15) is 4.79 Å². The van der Waals surface area contributed by atoms with Crippen LogP contribution < -0.4 is 4.90 Å². The smallest absolute Gasteiger partial charge is 0.243 e. The van der Waals surface area contributed by atoms with Gasteiger partial charge in [0.2, 0.25) is 5.91 Å². The van der Waals surface area contributed by atoms with Crippen molar-refractivity contribution in [2.24, 2.45) is 10.2 Å². The van der Waals surface area contributed by atoms with Crippen molar-refractivity contribution in [2.45, 2.75) is 32.8 Å². The van der Waals surface area contributed by atoms with Crippen molar-refractivity contribution in [1.82, 2.24) is 9.78 Å². The predicted molar refractivity (Wildman–Crippen MR) is 132 cm³/mol. The number of para-hydroxylation sites is 1. The summed E-state index contributed by atoms with van der Waals surface area (Å²) in [5.74, 6) is 0.699. The summed E-state index contributed by atoms with van der Waals surface area (Å²) in [7, 11) is 0. The molecule has 0 atom stereocenters. The molecule has 3 aromatic rings. The first-order chi connectivity index (χ1) is 16.1. The molecule has 0 spiro atoms. The largest absolute Gasteiger partial charge is 0.376 e. The Hall–Kier alpha value is -3.23. The van der Waals surface area contributed by atoms with E-state index in [0.717, 1.165) is 41.1 Å². The number of carbonyl (C=O) groups is 1. The van der Waals surface area contributed by atoms with Gasteiger partial charge in [-0.3, -0.25) is 9.69 Å². The van der Waals surface area contributed by atoms with Gasteiger partial charge in [-0.25, -0.2) is 4.68 Å². The molecule has 7 nitrogen and oxygen atoms in total. The number of hydrogen-bond acceptors (Lipinski definition) is 6. The summed E-state index contributed by atoms with van der Waals surface area (Å²) in [6, 6.07) is 16.0. The van der Waals surface area contributed by atoms with E-state index in [1.54, 1.807) is 11.1 Å². The highest BCUT2D eigenvalue weighted by atomic mass is 32.2. The number of ether oxygens (including phenoxy) is 1. The van der Waals surface area contributed by atoms with Gasteiger partial charge in [0.25, 0.3) is 0 Å². The van der Waals surface area contributed by atoms with Crippen LogP contribution in [0.2, 0.25) is 0 Å². The van der Waals surface area contributed by atoms with Gasteiger partial charge in [-0.1, -0.05) is 55.9 Å². The van der Waals surface area contributed by atoms with Crippen LogP contribution in [-0.2, 0) is 22.6 Å². The summed E-state index contributed by atoms with van der Waals surface area (Å²) >= 11 is 1.41. The van der Waals surface area contributed by atoms with Crippen LogP contribution in [0.15, 0.2) is 64.9 Å². The summed E-state index contributed by atoms with van der Waals surface area (Å²) in [5.41, 5.74) is 6.29. The van der Waals surface area contributed by atoms with Gasteiger partial charge in [-0.2, -0.15) is 10.2 Å². The average molecular weight is 460 g/mol. The minimum atomic E-state index is 0.0272. The van der Waals surface area contributed by atoms with Crippen LogP contribution >= 0.6 is 11.8 Å². The second kappa shape index (κ2) is 9.33. The lowest BCUT2D eigenvalue weighted by Crippen LogP contribution is -2.30. The lowest BCUT2D eigenvalue weighted by atomic mass is 10.0. The highest BCUT2D eigenvalue weighted by Crippen LogP contribution is 2.33. The normalized spacial score (nSPS) is 17.5. The van der Waals surface area contributed by atoms with E-state index in [4.69, 9.17) is 4.74 Å². The predicted octanol–water partition coefficient (Wildman–Crippen LogP) is 4.54. The van der Waals surface area contributed by atoms with Gasteiger partial charge in [-0.05, 0) is 35.2 Å². The van der Waals surface area contributed by atoms with E-state index < -0.39 is 0 Å². The van der Waals surface area contributed by atoms with Crippen molar-refractivity contribution in [3.05, 3.63) is 77.1 Å². The van der Waals surface area contributed by atoms with Crippen LogP contribution in [0.3, 0.4) is 0 Å². The minimum Gasteiger partial charge on any atom is -0.376 e. The quantitative estimate of drug-likeness (QED) is 0.415. The van der Waals surface area contributed by atoms with Crippen molar-refractivity contribution >= 4 is 34.7 Å². The molecule has 2 aliphatic heterocycles. The molecular weight excluding hydrogens is 434 g/mol. The van der Waals surface area contributed by atoms with Crippen LogP contribution in [0.5, 0.6) is 0 Å². The molecule has 0 radical (unpaired) electrons. The van der Waals surface area contributed by atoms with Gasteiger partial charge in [0.05, 0.1) is 48.4 Å². The fraction of sp³-hybridized carbons (Fsp3) is 0.280. The summed E-state index contributed by atoms with van der Waals surface area (Å²) in [4.78, 5) is 14.3. The van der Waals surface area contributed by atoms with E-state index >= 15 is 0 Å². The Labute approximate surface area is 197 Å². The zero-order valence-electron chi connectivity index (χ0n) is 18.6. The van der Waals surface area contributed by atoms with Crippen LogP contribution in [0, 0.1) is 0 Å². The number of thioether (sulfide) groups is 1. The molecule has 1 saturated heterocycles. The molecule has 1 amide bonds. The third kappa shape index (κ3) is 4.36. The van der Waals surface area contributed by atoms with Gasteiger partial charge in [0.15, 0.2) is 5.17 Å². The fourth-order valence-corrected chi connectivity index (χ4v) is 4.88. The molecule has 2 aromatic carbocycles. The fourth-order valence-electron chi connectivity index (χ4n) is 4.07. The number of rotatable bonds is 5. The summed E-state index contributed by atoms with van der Waals surface area (Å²) in [6.45, 7) is 5.60. The number of fused-ring (bicyclic) bond motifs is 1. The molecule has 3 heterocycles. The number of anilines is 1. The Morgan fingerprint density at radius 2 is 1.97 bits per heavy atom. The van der Waals surface area contributed by atoms with Crippen LogP contribution in [0.25, 0.3) is 5.69 Å². The van der Waals surface area contributed by atoms with Gasteiger partial charge in [-0.15, -0.1) is 5.10 Å². The molecule has 1 fully saturated rings. The molecule has 5 rings (SSSR count). The van der Waals surface area contributed by atoms with Crippen LogP contribution in [-0.4, -0.2) is 39.4 Å². The minimum absolute atomic E-state index is 0.0272. The molecule has 8 heteroatoms. The molecule has 0 bridgehead atoms. The molecule has 0 saturated carbocycles. The zero-order valence-corrected chi connectivity index (χ0v) is 19.5. The number of hydrogen-bond donors (Lipinski definition) is 0. The van der Waals surface area contributed by atoms with Crippen molar-refractivity contribution < 1.29 is 9.53 Å². The van der Waals surface area contributed by atoms with E-state index in [0.29, 0.717) is 23.4 Å². The monoisotopic (exact) mass is 459 g/mol. The number of aromatic nitrogens is 2. The molecular formula is C25H25N5O2S. The van der Waals surface area contributed by atoms with E-state index in [-0.39, 0.29) is 5.91 Å².